The van der Waals surface area contributed by atoms with Gasteiger partial charge in [0.05, 0.1) is 5.75 Å². The van der Waals surface area contributed by atoms with Crippen LogP contribution in [-0.4, -0.2) is 55.5 Å². The fraction of sp³-hybridized carbons (Fsp3) is 0.533. The summed E-state index contributed by atoms with van der Waals surface area (Å²) in [7, 11) is -3.27. The van der Waals surface area contributed by atoms with Gasteiger partial charge in [0.2, 0.25) is 10.0 Å². The van der Waals surface area contributed by atoms with Crippen LogP contribution in [0.5, 0.6) is 0 Å². The lowest BCUT2D eigenvalue weighted by molar-refractivity contribution is 0.0956. The highest BCUT2D eigenvalue weighted by Crippen LogP contribution is 2.13. The van der Waals surface area contributed by atoms with Crippen molar-refractivity contribution in [2.45, 2.75) is 13.3 Å². The minimum atomic E-state index is -3.27. The van der Waals surface area contributed by atoms with Crippen LogP contribution in [0, 0.1) is 0 Å². The summed E-state index contributed by atoms with van der Waals surface area (Å²) in [5.74, 6) is 1.41. The fourth-order valence-corrected chi connectivity index (χ4v) is 4.73. The van der Waals surface area contributed by atoms with Crippen LogP contribution in [0.3, 0.4) is 0 Å². The molecular formula is C15H22N2O3S2. The van der Waals surface area contributed by atoms with Crippen molar-refractivity contribution in [1.82, 2.24) is 9.62 Å². The Labute approximate surface area is 136 Å². The molecule has 22 heavy (non-hydrogen) atoms. The summed E-state index contributed by atoms with van der Waals surface area (Å²) in [6.07, 6.45) is 0.925. The molecule has 1 amide bonds. The maximum absolute atomic E-state index is 12.2. The van der Waals surface area contributed by atoms with Crippen LogP contribution in [-0.2, 0) is 16.4 Å². The third-order valence-electron chi connectivity index (χ3n) is 3.63. The summed E-state index contributed by atoms with van der Waals surface area (Å²) in [6.45, 7) is 3.33. The molecule has 1 heterocycles. The van der Waals surface area contributed by atoms with E-state index in [0.29, 0.717) is 18.7 Å². The summed E-state index contributed by atoms with van der Waals surface area (Å²) < 4.78 is 25.8. The van der Waals surface area contributed by atoms with Crippen molar-refractivity contribution in [1.29, 1.82) is 0 Å². The van der Waals surface area contributed by atoms with E-state index in [1.165, 1.54) is 9.87 Å². The Bertz CT molecular complexity index is 594. The summed E-state index contributed by atoms with van der Waals surface area (Å²) in [5, 5.41) is 2.68. The molecular weight excluding hydrogens is 320 g/mol. The highest BCUT2D eigenvalue weighted by molar-refractivity contribution is 7.99. The predicted molar refractivity (Wildman–Crippen MR) is 90.8 cm³/mol. The monoisotopic (exact) mass is 342 g/mol. The molecule has 0 spiro atoms. The summed E-state index contributed by atoms with van der Waals surface area (Å²) in [5.41, 5.74) is 1.73. The molecule has 1 fully saturated rings. The third-order valence-corrected chi connectivity index (χ3v) is 6.45. The van der Waals surface area contributed by atoms with E-state index < -0.39 is 10.0 Å². The van der Waals surface area contributed by atoms with Gasteiger partial charge in [0.15, 0.2) is 0 Å². The van der Waals surface area contributed by atoms with Gasteiger partial charge >= 0.3 is 0 Å². The van der Waals surface area contributed by atoms with E-state index in [-0.39, 0.29) is 18.2 Å². The van der Waals surface area contributed by atoms with Crippen molar-refractivity contribution in [3.05, 3.63) is 35.4 Å². The standard InChI is InChI=1S/C15H22N2O3S2/c1-2-13-3-5-14(6-4-13)15(18)16-7-12-22(19,20)17-8-10-21-11-9-17/h3-6H,2,7-12H2,1H3,(H,16,18). The van der Waals surface area contributed by atoms with E-state index in [1.54, 1.807) is 23.9 Å². The van der Waals surface area contributed by atoms with Gasteiger partial charge in [0.25, 0.3) is 5.91 Å². The number of carbonyl (C=O) groups excluding carboxylic acids is 1. The van der Waals surface area contributed by atoms with E-state index in [0.717, 1.165) is 17.9 Å². The number of benzene rings is 1. The van der Waals surface area contributed by atoms with Gasteiger partial charge < -0.3 is 5.32 Å². The Kier molecular flexibility index (Phi) is 6.28. The van der Waals surface area contributed by atoms with Gasteiger partial charge in [0.1, 0.15) is 0 Å². The molecule has 0 radical (unpaired) electrons. The number of amides is 1. The van der Waals surface area contributed by atoms with Crippen molar-refractivity contribution in [3.8, 4) is 0 Å². The van der Waals surface area contributed by atoms with Crippen molar-refractivity contribution in [2.75, 3.05) is 36.9 Å². The van der Waals surface area contributed by atoms with Crippen molar-refractivity contribution in [3.63, 3.8) is 0 Å². The number of sulfonamides is 1. The Morgan fingerprint density at radius 3 is 2.45 bits per heavy atom. The molecule has 1 aromatic rings. The average molecular weight is 342 g/mol. The summed E-state index contributed by atoms with van der Waals surface area (Å²) in [6, 6.07) is 7.36. The van der Waals surface area contributed by atoms with Gasteiger partial charge in [-0.15, -0.1) is 0 Å². The van der Waals surface area contributed by atoms with E-state index in [2.05, 4.69) is 12.2 Å². The fourth-order valence-electron chi connectivity index (χ4n) is 2.24. The number of nitrogens with zero attached hydrogens (tertiary/aromatic N) is 1. The van der Waals surface area contributed by atoms with Crippen LogP contribution in [0.1, 0.15) is 22.8 Å². The normalized spacial score (nSPS) is 16.4. The van der Waals surface area contributed by atoms with E-state index in [4.69, 9.17) is 0 Å². The molecule has 7 heteroatoms. The van der Waals surface area contributed by atoms with Crippen LogP contribution >= 0.6 is 11.8 Å². The summed E-state index contributed by atoms with van der Waals surface area (Å²) >= 11 is 1.77. The number of nitrogens with one attached hydrogen (secondary N) is 1. The van der Waals surface area contributed by atoms with Crippen LogP contribution in [0.2, 0.25) is 0 Å². The number of thioether (sulfide) groups is 1. The summed E-state index contributed by atoms with van der Waals surface area (Å²) in [4.78, 5) is 12.0. The molecule has 0 bridgehead atoms. The Morgan fingerprint density at radius 1 is 1.23 bits per heavy atom. The predicted octanol–water partition coefficient (Wildman–Crippen LogP) is 1.36. The van der Waals surface area contributed by atoms with Crippen LogP contribution in [0.15, 0.2) is 24.3 Å². The highest BCUT2D eigenvalue weighted by Gasteiger charge is 2.23. The molecule has 0 saturated carbocycles. The smallest absolute Gasteiger partial charge is 0.251 e. The topological polar surface area (TPSA) is 66.5 Å². The quantitative estimate of drug-likeness (QED) is 0.848. The first-order valence-corrected chi connectivity index (χ1v) is 10.2. The molecule has 2 rings (SSSR count). The van der Waals surface area contributed by atoms with Gasteiger partial charge in [-0.25, -0.2) is 12.7 Å². The lowest BCUT2D eigenvalue weighted by atomic mass is 10.1. The third kappa shape index (κ3) is 4.72. The lowest BCUT2D eigenvalue weighted by Gasteiger charge is -2.25. The zero-order chi connectivity index (χ0) is 16.0. The zero-order valence-corrected chi connectivity index (χ0v) is 14.4. The van der Waals surface area contributed by atoms with Crippen LogP contribution < -0.4 is 5.32 Å². The van der Waals surface area contributed by atoms with Crippen molar-refractivity contribution >= 4 is 27.7 Å². The molecule has 0 aromatic heterocycles. The maximum Gasteiger partial charge on any atom is 0.251 e. The molecule has 5 nitrogen and oxygen atoms in total. The van der Waals surface area contributed by atoms with E-state index >= 15 is 0 Å². The number of aryl methyl sites for hydroxylation is 1. The Hall–Kier alpha value is -1.05. The molecule has 0 aliphatic carbocycles. The number of carbonyl (C=O) groups is 1. The van der Waals surface area contributed by atoms with E-state index in [1.807, 2.05) is 12.1 Å². The van der Waals surface area contributed by atoms with Gasteiger partial charge in [-0.05, 0) is 24.1 Å². The first kappa shape index (κ1) is 17.3. The molecule has 1 aliphatic rings. The molecule has 1 aliphatic heterocycles. The molecule has 1 aromatic carbocycles. The molecule has 0 unspecified atom stereocenters. The Balaban J connectivity index is 1.83. The number of rotatable bonds is 6. The van der Waals surface area contributed by atoms with Crippen molar-refractivity contribution in [2.24, 2.45) is 0 Å². The van der Waals surface area contributed by atoms with E-state index in [9.17, 15) is 13.2 Å². The Morgan fingerprint density at radius 2 is 1.86 bits per heavy atom. The van der Waals surface area contributed by atoms with Crippen LogP contribution in [0.25, 0.3) is 0 Å². The van der Waals surface area contributed by atoms with Crippen LogP contribution in [0.4, 0.5) is 0 Å². The van der Waals surface area contributed by atoms with Gasteiger partial charge in [-0.1, -0.05) is 19.1 Å². The second kappa shape index (κ2) is 7.99. The lowest BCUT2D eigenvalue weighted by Crippen LogP contribution is -2.41. The minimum Gasteiger partial charge on any atom is -0.351 e. The second-order valence-electron chi connectivity index (χ2n) is 5.13. The largest absolute Gasteiger partial charge is 0.351 e. The highest BCUT2D eigenvalue weighted by atomic mass is 32.2. The van der Waals surface area contributed by atoms with Gasteiger partial charge in [0, 0.05) is 36.7 Å². The first-order chi connectivity index (χ1) is 10.5. The molecule has 1 saturated heterocycles. The molecule has 1 N–H and O–H groups in total. The minimum absolute atomic E-state index is 0.0452. The van der Waals surface area contributed by atoms with Gasteiger partial charge in [-0.3, -0.25) is 4.79 Å². The zero-order valence-electron chi connectivity index (χ0n) is 12.7. The maximum atomic E-state index is 12.2. The average Bonchev–Trinajstić information content (AvgIpc) is 2.55. The SMILES string of the molecule is CCc1ccc(C(=O)NCCS(=O)(=O)N2CCSCC2)cc1. The molecule has 122 valence electrons. The van der Waals surface area contributed by atoms with Crippen molar-refractivity contribution < 1.29 is 13.2 Å². The second-order valence-corrected chi connectivity index (χ2v) is 8.45. The first-order valence-electron chi connectivity index (χ1n) is 7.45. The number of hydrogen-bond acceptors (Lipinski definition) is 4. The molecule has 0 atom stereocenters. The van der Waals surface area contributed by atoms with Gasteiger partial charge in [-0.2, -0.15) is 11.8 Å². The number of hydrogen-bond donors (Lipinski definition) is 1.